The lowest BCUT2D eigenvalue weighted by molar-refractivity contribution is -0.202. The summed E-state index contributed by atoms with van der Waals surface area (Å²) < 4.78 is 16.3. The van der Waals surface area contributed by atoms with Crippen molar-refractivity contribution in [2.24, 2.45) is 0 Å². The Morgan fingerprint density at radius 2 is 1.81 bits per heavy atom. The van der Waals surface area contributed by atoms with Crippen LogP contribution in [0.25, 0.3) is 0 Å². The van der Waals surface area contributed by atoms with Gasteiger partial charge in [-0.2, -0.15) is 0 Å². The third kappa shape index (κ3) is 2.06. The van der Waals surface area contributed by atoms with E-state index in [1.165, 1.54) is 0 Å². The van der Waals surface area contributed by atoms with E-state index in [0.29, 0.717) is 13.2 Å². The highest BCUT2D eigenvalue weighted by molar-refractivity contribution is 5.32. The quantitative estimate of drug-likeness (QED) is 0.782. The van der Waals surface area contributed by atoms with Gasteiger partial charge in [-0.1, -0.05) is 12.1 Å². The van der Waals surface area contributed by atoms with Gasteiger partial charge < -0.3 is 14.2 Å². The summed E-state index contributed by atoms with van der Waals surface area (Å²) in [5.74, 6) is 0.894. The molecule has 0 spiro atoms. The Morgan fingerprint density at radius 1 is 1.19 bits per heavy atom. The summed E-state index contributed by atoms with van der Waals surface area (Å²) in [5, 5.41) is 0. The standard InChI is InChI=1S/C13H18O3/c1-10(2)16-12-6-4-11(5-7-12)13(14-3)8-15-9-13/h4-7,10H,8-9H2,1-3H3. The maximum Gasteiger partial charge on any atom is 0.139 e. The van der Waals surface area contributed by atoms with Crippen molar-refractivity contribution in [2.45, 2.75) is 25.6 Å². The van der Waals surface area contributed by atoms with E-state index in [2.05, 4.69) is 0 Å². The summed E-state index contributed by atoms with van der Waals surface area (Å²) in [6.45, 7) is 5.30. The third-order valence-corrected chi connectivity index (χ3v) is 2.81. The summed E-state index contributed by atoms with van der Waals surface area (Å²) in [6, 6.07) is 8.05. The van der Waals surface area contributed by atoms with Crippen LogP contribution in [-0.4, -0.2) is 26.4 Å². The monoisotopic (exact) mass is 222 g/mol. The molecular weight excluding hydrogens is 204 g/mol. The minimum atomic E-state index is -0.240. The highest BCUT2D eigenvalue weighted by atomic mass is 16.6. The molecule has 2 rings (SSSR count). The van der Waals surface area contributed by atoms with Gasteiger partial charge in [0.25, 0.3) is 0 Å². The van der Waals surface area contributed by atoms with E-state index in [1.54, 1.807) is 7.11 Å². The molecule has 1 saturated heterocycles. The average Bonchev–Trinajstić information content (AvgIpc) is 2.19. The number of hydrogen-bond acceptors (Lipinski definition) is 3. The minimum absolute atomic E-state index is 0.203. The Kier molecular flexibility index (Phi) is 3.17. The van der Waals surface area contributed by atoms with Crippen molar-refractivity contribution in [3.8, 4) is 5.75 Å². The number of methoxy groups -OCH3 is 1. The first-order valence-corrected chi connectivity index (χ1v) is 5.56. The fourth-order valence-electron chi connectivity index (χ4n) is 1.80. The van der Waals surface area contributed by atoms with Crippen molar-refractivity contribution in [1.29, 1.82) is 0 Å². The average molecular weight is 222 g/mol. The van der Waals surface area contributed by atoms with Gasteiger partial charge >= 0.3 is 0 Å². The largest absolute Gasteiger partial charge is 0.491 e. The molecule has 0 amide bonds. The SMILES string of the molecule is COC1(c2ccc(OC(C)C)cc2)COC1. The van der Waals surface area contributed by atoms with Crippen molar-refractivity contribution >= 4 is 0 Å². The van der Waals surface area contributed by atoms with Gasteiger partial charge in [0.15, 0.2) is 0 Å². The smallest absolute Gasteiger partial charge is 0.139 e. The van der Waals surface area contributed by atoms with E-state index in [9.17, 15) is 0 Å². The molecule has 1 aliphatic heterocycles. The summed E-state index contributed by atoms with van der Waals surface area (Å²) in [7, 11) is 1.72. The zero-order valence-corrected chi connectivity index (χ0v) is 10.0. The van der Waals surface area contributed by atoms with Gasteiger partial charge in [0, 0.05) is 7.11 Å². The fraction of sp³-hybridized carbons (Fsp3) is 0.538. The topological polar surface area (TPSA) is 27.7 Å². The van der Waals surface area contributed by atoms with Crippen LogP contribution >= 0.6 is 0 Å². The summed E-state index contributed by atoms with van der Waals surface area (Å²) >= 11 is 0. The predicted molar refractivity (Wildman–Crippen MR) is 61.7 cm³/mol. The van der Waals surface area contributed by atoms with Crippen LogP contribution in [0.3, 0.4) is 0 Å². The normalized spacial score (nSPS) is 18.2. The molecule has 1 aromatic rings. The lowest BCUT2D eigenvalue weighted by atomic mass is 9.92. The first kappa shape index (κ1) is 11.4. The van der Waals surface area contributed by atoms with Gasteiger partial charge in [0.1, 0.15) is 11.4 Å². The molecule has 3 nitrogen and oxygen atoms in total. The molecule has 0 saturated carbocycles. The first-order chi connectivity index (χ1) is 7.66. The minimum Gasteiger partial charge on any atom is -0.491 e. The molecule has 1 fully saturated rings. The predicted octanol–water partition coefficient (Wildman–Crippen LogP) is 2.35. The van der Waals surface area contributed by atoms with Gasteiger partial charge in [0.05, 0.1) is 19.3 Å². The van der Waals surface area contributed by atoms with Crippen molar-refractivity contribution in [1.82, 2.24) is 0 Å². The van der Waals surface area contributed by atoms with Crippen molar-refractivity contribution < 1.29 is 14.2 Å². The Hall–Kier alpha value is -1.06. The highest BCUT2D eigenvalue weighted by Crippen LogP contribution is 2.33. The van der Waals surface area contributed by atoms with E-state index in [-0.39, 0.29) is 11.7 Å². The lowest BCUT2D eigenvalue weighted by Crippen LogP contribution is -2.48. The summed E-state index contributed by atoms with van der Waals surface area (Å²) in [6.07, 6.45) is 0.203. The second-order valence-corrected chi connectivity index (χ2v) is 4.38. The molecule has 0 bridgehead atoms. The molecule has 88 valence electrons. The van der Waals surface area contributed by atoms with Crippen molar-refractivity contribution in [2.75, 3.05) is 20.3 Å². The van der Waals surface area contributed by atoms with Crippen LogP contribution in [0.15, 0.2) is 24.3 Å². The lowest BCUT2D eigenvalue weighted by Gasteiger charge is -2.40. The molecule has 0 radical (unpaired) electrons. The van der Waals surface area contributed by atoms with Crippen LogP contribution in [-0.2, 0) is 15.1 Å². The second-order valence-electron chi connectivity index (χ2n) is 4.38. The van der Waals surface area contributed by atoms with Crippen LogP contribution in [0, 0.1) is 0 Å². The molecule has 0 aliphatic carbocycles. The molecule has 0 unspecified atom stereocenters. The van der Waals surface area contributed by atoms with E-state index in [1.807, 2.05) is 38.1 Å². The summed E-state index contributed by atoms with van der Waals surface area (Å²) in [5.41, 5.74) is 0.911. The Balaban J connectivity index is 2.12. The maximum atomic E-state index is 5.60. The number of rotatable bonds is 4. The first-order valence-electron chi connectivity index (χ1n) is 5.56. The van der Waals surface area contributed by atoms with Crippen molar-refractivity contribution in [3.63, 3.8) is 0 Å². The number of ether oxygens (including phenoxy) is 3. The van der Waals surface area contributed by atoms with Gasteiger partial charge in [0.2, 0.25) is 0 Å². The van der Waals surface area contributed by atoms with Crippen LogP contribution in [0.5, 0.6) is 5.75 Å². The van der Waals surface area contributed by atoms with Gasteiger partial charge in [-0.25, -0.2) is 0 Å². The van der Waals surface area contributed by atoms with Gasteiger partial charge in [-0.05, 0) is 31.5 Å². The van der Waals surface area contributed by atoms with Crippen LogP contribution in [0.1, 0.15) is 19.4 Å². The van der Waals surface area contributed by atoms with Crippen LogP contribution < -0.4 is 4.74 Å². The van der Waals surface area contributed by atoms with Crippen molar-refractivity contribution in [3.05, 3.63) is 29.8 Å². The number of hydrogen-bond donors (Lipinski definition) is 0. The van der Waals surface area contributed by atoms with E-state index in [0.717, 1.165) is 11.3 Å². The zero-order chi connectivity index (χ0) is 11.6. The van der Waals surface area contributed by atoms with Gasteiger partial charge in [-0.3, -0.25) is 0 Å². The Morgan fingerprint density at radius 3 is 2.19 bits per heavy atom. The molecule has 0 atom stereocenters. The molecule has 16 heavy (non-hydrogen) atoms. The van der Waals surface area contributed by atoms with E-state index in [4.69, 9.17) is 14.2 Å². The maximum absolute atomic E-state index is 5.60. The number of benzene rings is 1. The van der Waals surface area contributed by atoms with Gasteiger partial charge in [-0.15, -0.1) is 0 Å². The zero-order valence-electron chi connectivity index (χ0n) is 10.0. The van der Waals surface area contributed by atoms with E-state index < -0.39 is 0 Å². The molecule has 0 aromatic heterocycles. The second kappa shape index (κ2) is 4.44. The molecule has 0 N–H and O–H groups in total. The highest BCUT2D eigenvalue weighted by Gasteiger charge is 2.40. The molecule has 3 heteroatoms. The van der Waals surface area contributed by atoms with E-state index >= 15 is 0 Å². The molecule has 1 aromatic carbocycles. The Labute approximate surface area is 96.3 Å². The third-order valence-electron chi connectivity index (χ3n) is 2.81. The van der Waals surface area contributed by atoms with Crippen LogP contribution in [0.2, 0.25) is 0 Å². The molecular formula is C13H18O3. The van der Waals surface area contributed by atoms with Crippen LogP contribution in [0.4, 0.5) is 0 Å². The summed E-state index contributed by atoms with van der Waals surface area (Å²) in [4.78, 5) is 0. The molecule has 1 heterocycles. The molecule has 1 aliphatic rings. The Bertz CT molecular complexity index is 333. The fourth-order valence-corrected chi connectivity index (χ4v) is 1.80.